The van der Waals surface area contributed by atoms with Crippen LogP contribution in [-0.4, -0.2) is 29.1 Å². The zero-order chi connectivity index (χ0) is 15.3. The molecule has 0 aliphatic heterocycles. The second kappa shape index (κ2) is 6.52. The smallest absolute Gasteiger partial charge is 0.336 e. The fraction of sp³-hybridized carbons (Fsp3) is 0.467. The van der Waals surface area contributed by atoms with E-state index < -0.39 is 5.97 Å². The van der Waals surface area contributed by atoms with Crippen LogP contribution in [0, 0.1) is 6.92 Å². The largest absolute Gasteiger partial charge is 0.478 e. The Morgan fingerprint density at radius 2 is 1.90 bits per heavy atom. The number of benzene rings is 1. The Balaban J connectivity index is 2.63. The standard InChI is InChI=1S/C15H22N2O3/c1-10-11(14(19)20)6-5-7-12(10)17-13(18)8-9-16-15(2,3)4/h5-7,16H,8-9H2,1-4H3,(H,17,18)(H,19,20). The predicted molar refractivity (Wildman–Crippen MR) is 79.1 cm³/mol. The van der Waals surface area contributed by atoms with Gasteiger partial charge in [0.1, 0.15) is 0 Å². The first kappa shape index (κ1) is 16.2. The Morgan fingerprint density at radius 1 is 1.25 bits per heavy atom. The molecule has 0 unspecified atom stereocenters. The van der Waals surface area contributed by atoms with Crippen molar-refractivity contribution < 1.29 is 14.7 Å². The number of amides is 1. The molecule has 20 heavy (non-hydrogen) atoms. The Labute approximate surface area is 119 Å². The van der Waals surface area contributed by atoms with Gasteiger partial charge < -0.3 is 15.7 Å². The van der Waals surface area contributed by atoms with Gasteiger partial charge in [0.25, 0.3) is 0 Å². The highest BCUT2D eigenvalue weighted by atomic mass is 16.4. The van der Waals surface area contributed by atoms with Gasteiger partial charge >= 0.3 is 5.97 Å². The number of rotatable bonds is 5. The fourth-order valence-electron chi connectivity index (χ4n) is 1.77. The minimum absolute atomic E-state index is 0.0284. The average Bonchev–Trinajstić information content (AvgIpc) is 2.29. The summed E-state index contributed by atoms with van der Waals surface area (Å²) in [6, 6.07) is 4.85. The fourth-order valence-corrected chi connectivity index (χ4v) is 1.77. The van der Waals surface area contributed by atoms with Gasteiger partial charge in [-0.25, -0.2) is 4.79 Å². The summed E-state index contributed by atoms with van der Waals surface area (Å²) in [4.78, 5) is 22.9. The van der Waals surface area contributed by atoms with Gasteiger partial charge in [0.2, 0.25) is 5.91 Å². The van der Waals surface area contributed by atoms with Gasteiger partial charge in [-0.2, -0.15) is 0 Å². The van der Waals surface area contributed by atoms with Gasteiger partial charge in [-0.05, 0) is 45.4 Å². The normalized spacial score (nSPS) is 11.2. The van der Waals surface area contributed by atoms with E-state index in [-0.39, 0.29) is 17.0 Å². The molecule has 0 spiro atoms. The Morgan fingerprint density at radius 3 is 2.45 bits per heavy atom. The molecule has 1 rings (SSSR count). The third-order valence-electron chi connectivity index (χ3n) is 2.85. The molecule has 1 amide bonds. The third-order valence-corrected chi connectivity index (χ3v) is 2.85. The lowest BCUT2D eigenvalue weighted by Gasteiger charge is -2.20. The summed E-state index contributed by atoms with van der Waals surface area (Å²) in [5.74, 6) is -1.12. The second-order valence-electron chi connectivity index (χ2n) is 5.76. The van der Waals surface area contributed by atoms with Crippen molar-refractivity contribution in [1.82, 2.24) is 5.32 Å². The Bertz CT molecular complexity index is 504. The molecule has 5 nitrogen and oxygen atoms in total. The first-order valence-electron chi connectivity index (χ1n) is 6.58. The molecule has 0 aliphatic rings. The first-order valence-corrected chi connectivity index (χ1v) is 6.58. The van der Waals surface area contributed by atoms with Crippen molar-refractivity contribution in [2.24, 2.45) is 0 Å². The van der Waals surface area contributed by atoms with E-state index in [1.807, 2.05) is 20.8 Å². The number of carboxylic acid groups (broad SMARTS) is 1. The van der Waals surface area contributed by atoms with Crippen LogP contribution in [0.1, 0.15) is 43.1 Å². The maximum atomic E-state index is 11.8. The van der Waals surface area contributed by atoms with Crippen LogP contribution in [-0.2, 0) is 4.79 Å². The average molecular weight is 278 g/mol. The number of nitrogens with one attached hydrogen (secondary N) is 2. The van der Waals surface area contributed by atoms with Crippen LogP contribution >= 0.6 is 0 Å². The van der Waals surface area contributed by atoms with E-state index in [0.29, 0.717) is 24.2 Å². The number of carbonyl (C=O) groups is 2. The van der Waals surface area contributed by atoms with Gasteiger partial charge in [-0.3, -0.25) is 4.79 Å². The van der Waals surface area contributed by atoms with Crippen molar-refractivity contribution in [3.63, 3.8) is 0 Å². The maximum absolute atomic E-state index is 11.8. The topological polar surface area (TPSA) is 78.4 Å². The first-order chi connectivity index (χ1) is 9.20. The number of hydrogen-bond acceptors (Lipinski definition) is 3. The minimum atomic E-state index is -0.993. The highest BCUT2D eigenvalue weighted by Gasteiger charge is 2.13. The molecule has 1 aromatic rings. The molecule has 0 bridgehead atoms. The van der Waals surface area contributed by atoms with Crippen molar-refractivity contribution in [1.29, 1.82) is 0 Å². The summed E-state index contributed by atoms with van der Waals surface area (Å²) in [5.41, 5.74) is 1.29. The van der Waals surface area contributed by atoms with E-state index in [4.69, 9.17) is 5.11 Å². The van der Waals surface area contributed by atoms with Crippen LogP contribution in [0.15, 0.2) is 18.2 Å². The number of carbonyl (C=O) groups excluding carboxylic acids is 1. The molecule has 110 valence electrons. The lowest BCUT2D eigenvalue weighted by atomic mass is 10.1. The van der Waals surface area contributed by atoms with E-state index in [2.05, 4.69) is 10.6 Å². The molecular formula is C15H22N2O3. The zero-order valence-corrected chi connectivity index (χ0v) is 12.4. The van der Waals surface area contributed by atoms with Gasteiger partial charge in [-0.1, -0.05) is 6.07 Å². The highest BCUT2D eigenvalue weighted by Crippen LogP contribution is 2.19. The Kier molecular flexibility index (Phi) is 5.27. The molecule has 0 saturated carbocycles. The van der Waals surface area contributed by atoms with Crippen LogP contribution in [0.4, 0.5) is 5.69 Å². The second-order valence-corrected chi connectivity index (χ2v) is 5.76. The Hall–Kier alpha value is -1.88. The van der Waals surface area contributed by atoms with Crippen LogP contribution in [0.2, 0.25) is 0 Å². The molecule has 5 heteroatoms. The van der Waals surface area contributed by atoms with Crippen LogP contribution in [0.5, 0.6) is 0 Å². The quantitative estimate of drug-likeness (QED) is 0.773. The molecule has 0 atom stereocenters. The summed E-state index contributed by atoms with van der Waals surface area (Å²) in [6.45, 7) is 8.36. The van der Waals surface area contributed by atoms with Gasteiger partial charge in [-0.15, -0.1) is 0 Å². The maximum Gasteiger partial charge on any atom is 0.336 e. The van der Waals surface area contributed by atoms with Crippen LogP contribution < -0.4 is 10.6 Å². The van der Waals surface area contributed by atoms with E-state index in [1.54, 1.807) is 19.1 Å². The highest BCUT2D eigenvalue weighted by molar-refractivity contribution is 5.96. The number of carboxylic acids is 1. The predicted octanol–water partition coefficient (Wildman–Crippen LogP) is 2.41. The van der Waals surface area contributed by atoms with Crippen LogP contribution in [0.3, 0.4) is 0 Å². The number of anilines is 1. The molecule has 1 aromatic carbocycles. The molecule has 0 fully saturated rings. The van der Waals surface area contributed by atoms with Crippen molar-refractivity contribution >= 4 is 17.6 Å². The third kappa shape index (κ3) is 5.01. The summed E-state index contributed by atoms with van der Waals surface area (Å²) in [5, 5.41) is 15.0. The molecule has 3 N–H and O–H groups in total. The van der Waals surface area contributed by atoms with Crippen molar-refractivity contribution in [2.75, 3.05) is 11.9 Å². The van der Waals surface area contributed by atoms with E-state index in [9.17, 15) is 9.59 Å². The summed E-state index contributed by atoms with van der Waals surface area (Å²) in [6.07, 6.45) is 0.341. The molecule has 0 aromatic heterocycles. The van der Waals surface area contributed by atoms with Gasteiger partial charge in [0.05, 0.1) is 5.56 Å². The molecule has 0 saturated heterocycles. The minimum Gasteiger partial charge on any atom is -0.478 e. The van der Waals surface area contributed by atoms with E-state index in [0.717, 1.165) is 0 Å². The molecular weight excluding hydrogens is 256 g/mol. The van der Waals surface area contributed by atoms with Crippen LogP contribution in [0.25, 0.3) is 0 Å². The monoisotopic (exact) mass is 278 g/mol. The molecule has 0 radical (unpaired) electrons. The lowest BCUT2D eigenvalue weighted by Crippen LogP contribution is -2.37. The van der Waals surface area contributed by atoms with Crippen molar-refractivity contribution in [3.8, 4) is 0 Å². The van der Waals surface area contributed by atoms with Crippen molar-refractivity contribution in [2.45, 2.75) is 39.7 Å². The van der Waals surface area contributed by atoms with Crippen molar-refractivity contribution in [3.05, 3.63) is 29.3 Å². The van der Waals surface area contributed by atoms with Gasteiger partial charge in [0.15, 0.2) is 0 Å². The molecule has 0 aliphatic carbocycles. The number of aromatic carboxylic acids is 1. The summed E-state index contributed by atoms with van der Waals surface area (Å²) in [7, 11) is 0. The molecule has 0 heterocycles. The summed E-state index contributed by atoms with van der Waals surface area (Å²) >= 11 is 0. The lowest BCUT2D eigenvalue weighted by molar-refractivity contribution is -0.116. The van der Waals surface area contributed by atoms with E-state index in [1.165, 1.54) is 6.07 Å². The summed E-state index contributed by atoms with van der Waals surface area (Å²) < 4.78 is 0. The van der Waals surface area contributed by atoms with E-state index >= 15 is 0 Å². The zero-order valence-electron chi connectivity index (χ0n) is 12.4. The number of hydrogen-bond donors (Lipinski definition) is 3. The SMILES string of the molecule is Cc1c(NC(=O)CCNC(C)(C)C)cccc1C(=O)O. The van der Waals surface area contributed by atoms with Gasteiger partial charge in [0, 0.05) is 24.2 Å².